The van der Waals surface area contributed by atoms with E-state index in [2.05, 4.69) is 5.32 Å². The van der Waals surface area contributed by atoms with E-state index in [9.17, 15) is 9.18 Å². The van der Waals surface area contributed by atoms with Gasteiger partial charge in [0, 0.05) is 13.7 Å². The highest BCUT2D eigenvalue weighted by atomic mass is 35.5. The van der Waals surface area contributed by atoms with Crippen LogP contribution in [0.4, 0.5) is 4.39 Å². The second-order valence-electron chi connectivity index (χ2n) is 3.58. The van der Waals surface area contributed by atoms with Gasteiger partial charge in [-0.3, -0.25) is 4.79 Å². The maximum atomic E-state index is 13.2. The number of hydrogen-bond donors (Lipinski definition) is 1. The molecule has 0 spiro atoms. The quantitative estimate of drug-likeness (QED) is 0.796. The molecule has 0 aliphatic carbocycles. The van der Waals surface area contributed by atoms with Crippen molar-refractivity contribution in [3.05, 3.63) is 35.6 Å². The van der Waals surface area contributed by atoms with Crippen LogP contribution in [0.25, 0.3) is 0 Å². The molecule has 0 heterocycles. The molecule has 0 saturated heterocycles. The number of alkyl halides is 1. The van der Waals surface area contributed by atoms with E-state index in [-0.39, 0.29) is 10.9 Å². The van der Waals surface area contributed by atoms with E-state index in [1.54, 1.807) is 19.2 Å². The molecule has 0 fully saturated rings. The van der Waals surface area contributed by atoms with E-state index >= 15 is 0 Å². The van der Waals surface area contributed by atoms with Gasteiger partial charge in [0.2, 0.25) is 0 Å². The summed E-state index contributed by atoms with van der Waals surface area (Å²) in [5.41, 5.74) is 0.0466. The number of carbonyl (C=O) groups excluding carboxylic acids is 1. The number of rotatable bonds is 6. The van der Waals surface area contributed by atoms with Gasteiger partial charge >= 0.3 is 0 Å². The third-order valence-electron chi connectivity index (χ3n) is 2.21. The Morgan fingerprint density at radius 3 is 2.88 bits per heavy atom. The Morgan fingerprint density at radius 2 is 2.24 bits per heavy atom. The Bertz CT molecular complexity index is 373. The van der Waals surface area contributed by atoms with Crippen LogP contribution < -0.4 is 5.32 Å². The van der Waals surface area contributed by atoms with Crippen molar-refractivity contribution in [2.75, 3.05) is 20.3 Å². The monoisotopic (exact) mass is 259 g/mol. The highest BCUT2D eigenvalue weighted by molar-refractivity contribution is 6.20. The number of carbonyl (C=O) groups is 1. The molecule has 1 amide bonds. The molecule has 0 aromatic heterocycles. The third kappa shape index (κ3) is 4.71. The van der Waals surface area contributed by atoms with Crippen LogP contribution in [0.3, 0.4) is 0 Å². The summed E-state index contributed by atoms with van der Waals surface area (Å²) in [5, 5.41) is 2.46. The van der Waals surface area contributed by atoms with Crippen molar-refractivity contribution in [2.45, 2.75) is 11.8 Å². The van der Waals surface area contributed by atoms with Gasteiger partial charge in [-0.25, -0.2) is 4.39 Å². The Balaban J connectivity index is 2.38. The molecule has 1 unspecified atom stereocenters. The molecule has 0 bridgehead atoms. The lowest BCUT2D eigenvalue weighted by molar-refractivity contribution is 0.0947. The van der Waals surface area contributed by atoms with Gasteiger partial charge in [0.05, 0.1) is 17.5 Å². The maximum absolute atomic E-state index is 13.2. The van der Waals surface area contributed by atoms with Gasteiger partial charge in [-0.2, -0.15) is 0 Å². The number of halogens is 2. The molecule has 1 aromatic carbocycles. The molecule has 0 saturated carbocycles. The average Bonchev–Trinajstić information content (AvgIpc) is 2.29. The van der Waals surface area contributed by atoms with Crippen LogP contribution in [-0.4, -0.2) is 31.5 Å². The maximum Gasteiger partial charge on any atom is 0.254 e. The van der Waals surface area contributed by atoms with E-state index in [1.165, 1.54) is 12.1 Å². The van der Waals surface area contributed by atoms with Crippen LogP contribution in [0.1, 0.15) is 16.8 Å². The summed E-state index contributed by atoms with van der Waals surface area (Å²) >= 11 is 5.89. The molecule has 0 aliphatic rings. The summed E-state index contributed by atoms with van der Waals surface area (Å²) in [6.45, 7) is 0.821. The molecule has 1 N–H and O–H groups in total. The molecule has 1 rings (SSSR count). The van der Waals surface area contributed by atoms with Gasteiger partial charge in [0.1, 0.15) is 5.82 Å². The fourth-order valence-electron chi connectivity index (χ4n) is 1.35. The molecular weight excluding hydrogens is 245 g/mol. The predicted octanol–water partition coefficient (Wildman–Crippen LogP) is 2.20. The van der Waals surface area contributed by atoms with Gasteiger partial charge in [0.15, 0.2) is 0 Å². The van der Waals surface area contributed by atoms with Gasteiger partial charge in [0.25, 0.3) is 5.91 Å². The molecule has 0 aliphatic heterocycles. The van der Waals surface area contributed by atoms with E-state index in [4.69, 9.17) is 16.3 Å². The van der Waals surface area contributed by atoms with Crippen molar-refractivity contribution in [1.82, 2.24) is 5.32 Å². The topological polar surface area (TPSA) is 38.3 Å². The minimum atomic E-state index is -0.524. The van der Waals surface area contributed by atoms with E-state index in [0.29, 0.717) is 19.6 Å². The van der Waals surface area contributed by atoms with E-state index < -0.39 is 11.7 Å². The molecule has 3 nitrogen and oxygen atoms in total. The number of methoxy groups -OCH3 is 1. The van der Waals surface area contributed by atoms with Crippen molar-refractivity contribution in [3.63, 3.8) is 0 Å². The summed E-state index contributed by atoms with van der Waals surface area (Å²) in [7, 11) is 1.56. The molecule has 17 heavy (non-hydrogen) atoms. The Labute approximate surface area is 105 Å². The van der Waals surface area contributed by atoms with Crippen LogP contribution in [0.15, 0.2) is 24.3 Å². The van der Waals surface area contributed by atoms with Gasteiger partial charge < -0.3 is 10.1 Å². The zero-order valence-corrected chi connectivity index (χ0v) is 10.3. The summed E-state index contributed by atoms with van der Waals surface area (Å²) in [6, 6.07) is 5.86. The Kier molecular flexibility index (Phi) is 5.94. The lowest BCUT2D eigenvalue weighted by Crippen LogP contribution is -2.27. The zero-order chi connectivity index (χ0) is 12.7. The highest BCUT2D eigenvalue weighted by Crippen LogP contribution is 2.06. The van der Waals surface area contributed by atoms with Crippen molar-refractivity contribution < 1.29 is 13.9 Å². The zero-order valence-electron chi connectivity index (χ0n) is 9.58. The lowest BCUT2D eigenvalue weighted by atomic mass is 10.2. The molecule has 5 heteroatoms. The summed E-state index contributed by atoms with van der Waals surface area (Å²) in [6.07, 6.45) is 0.579. The molecule has 1 aromatic rings. The smallest absolute Gasteiger partial charge is 0.254 e. The fraction of sp³-hybridized carbons (Fsp3) is 0.417. The number of benzene rings is 1. The normalized spacial score (nSPS) is 12.2. The first-order valence-electron chi connectivity index (χ1n) is 5.31. The third-order valence-corrected chi connectivity index (χ3v) is 2.55. The molecule has 0 radical (unpaired) electrons. The van der Waals surface area contributed by atoms with E-state index in [0.717, 1.165) is 0 Å². The number of nitrogens with one attached hydrogen (secondary N) is 1. The van der Waals surface area contributed by atoms with Crippen LogP contribution in [0, 0.1) is 5.82 Å². The number of amides is 1. The van der Waals surface area contributed by atoms with Crippen molar-refractivity contribution in [3.8, 4) is 0 Å². The summed E-state index contributed by atoms with van der Waals surface area (Å²) < 4.78 is 18.1. The average molecular weight is 260 g/mol. The first-order valence-corrected chi connectivity index (χ1v) is 5.74. The second-order valence-corrected chi connectivity index (χ2v) is 4.19. The molecule has 1 atom stereocenters. The first-order chi connectivity index (χ1) is 8.15. The highest BCUT2D eigenvalue weighted by Gasteiger charge is 2.10. The first kappa shape index (κ1) is 13.9. The predicted molar refractivity (Wildman–Crippen MR) is 64.9 cm³/mol. The second kappa shape index (κ2) is 7.25. The fourth-order valence-corrected chi connectivity index (χ4v) is 1.58. The number of hydrogen-bond acceptors (Lipinski definition) is 2. The standard InChI is InChI=1S/C12H15ClFNO2/c1-17-8-9(13)6-7-15-12(16)10-4-2-3-5-11(10)14/h2-5,9H,6-8H2,1H3,(H,15,16). The molecular formula is C12H15ClFNO2. The summed E-state index contributed by atoms with van der Waals surface area (Å²) in [5.74, 6) is -0.950. The lowest BCUT2D eigenvalue weighted by Gasteiger charge is -2.09. The van der Waals surface area contributed by atoms with Gasteiger partial charge in [-0.05, 0) is 18.6 Å². The van der Waals surface area contributed by atoms with Crippen LogP contribution >= 0.6 is 11.6 Å². The summed E-state index contributed by atoms with van der Waals surface area (Å²) in [4.78, 5) is 11.6. The van der Waals surface area contributed by atoms with Gasteiger partial charge in [-0.15, -0.1) is 11.6 Å². The minimum Gasteiger partial charge on any atom is -0.383 e. The SMILES string of the molecule is COCC(Cl)CCNC(=O)c1ccccc1F. The van der Waals surface area contributed by atoms with Crippen LogP contribution in [0.5, 0.6) is 0 Å². The molecule has 94 valence electrons. The largest absolute Gasteiger partial charge is 0.383 e. The van der Waals surface area contributed by atoms with Crippen molar-refractivity contribution >= 4 is 17.5 Å². The van der Waals surface area contributed by atoms with E-state index in [1.807, 2.05) is 0 Å². The van der Waals surface area contributed by atoms with Crippen molar-refractivity contribution in [1.29, 1.82) is 0 Å². The Hall–Kier alpha value is -1.13. The Morgan fingerprint density at radius 1 is 1.53 bits per heavy atom. The van der Waals surface area contributed by atoms with Gasteiger partial charge in [-0.1, -0.05) is 12.1 Å². The van der Waals surface area contributed by atoms with Crippen LogP contribution in [0.2, 0.25) is 0 Å². The van der Waals surface area contributed by atoms with Crippen LogP contribution in [-0.2, 0) is 4.74 Å². The van der Waals surface area contributed by atoms with Crippen molar-refractivity contribution in [2.24, 2.45) is 0 Å². The number of ether oxygens (including phenoxy) is 1. The minimum absolute atomic E-state index is 0.0466.